The number of benzene rings is 1. The van der Waals surface area contributed by atoms with Crippen LogP contribution in [0, 0.1) is 6.92 Å². The summed E-state index contributed by atoms with van der Waals surface area (Å²) >= 11 is 0. The molecule has 20 heavy (non-hydrogen) atoms. The second kappa shape index (κ2) is 5.36. The number of carbonyl (C=O) groups is 1. The molecule has 1 aliphatic heterocycles. The van der Waals surface area contributed by atoms with E-state index in [1.54, 1.807) is 6.20 Å². The van der Waals surface area contributed by atoms with Gasteiger partial charge in [-0.2, -0.15) is 5.10 Å². The van der Waals surface area contributed by atoms with Crippen LogP contribution >= 0.6 is 0 Å². The molecule has 0 aliphatic carbocycles. The lowest BCUT2D eigenvalue weighted by Gasteiger charge is -2.18. The van der Waals surface area contributed by atoms with Gasteiger partial charge in [-0.25, -0.2) is 0 Å². The molecule has 2 N–H and O–H groups in total. The number of aromatic nitrogens is 2. The highest BCUT2D eigenvalue weighted by atomic mass is 16.5. The van der Waals surface area contributed by atoms with E-state index in [4.69, 9.17) is 4.74 Å². The van der Waals surface area contributed by atoms with E-state index in [0.717, 1.165) is 29.8 Å². The summed E-state index contributed by atoms with van der Waals surface area (Å²) in [5, 5.41) is 9.75. The number of hydrogen-bond donors (Lipinski definition) is 2. The topological polar surface area (TPSA) is 67.0 Å². The summed E-state index contributed by atoms with van der Waals surface area (Å²) < 4.78 is 5.70. The van der Waals surface area contributed by atoms with Gasteiger partial charge in [0.05, 0.1) is 24.4 Å². The van der Waals surface area contributed by atoms with E-state index < -0.39 is 0 Å². The molecule has 2 aromatic rings. The maximum Gasteiger partial charge on any atom is 0.255 e. The fourth-order valence-corrected chi connectivity index (χ4v) is 2.49. The van der Waals surface area contributed by atoms with E-state index in [0.29, 0.717) is 12.2 Å². The predicted octanol–water partition coefficient (Wildman–Crippen LogP) is 2.36. The molecule has 0 saturated carbocycles. The molecule has 0 fully saturated rings. The number of hydrogen-bond acceptors (Lipinski definition) is 3. The predicted molar refractivity (Wildman–Crippen MR) is 74.7 cm³/mol. The van der Waals surface area contributed by atoms with Crippen LogP contribution in [0.2, 0.25) is 0 Å². The summed E-state index contributed by atoms with van der Waals surface area (Å²) in [4.78, 5) is 12.3. The van der Waals surface area contributed by atoms with Crippen molar-refractivity contribution in [3.63, 3.8) is 0 Å². The van der Waals surface area contributed by atoms with Crippen LogP contribution < -0.4 is 10.1 Å². The van der Waals surface area contributed by atoms with Crippen LogP contribution in [0.25, 0.3) is 0 Å². The van der Waals surface area contributed by atoms with Gasteiger partial charge < -0.3 is 10.1 Å². The highest BCUT2D eigenvalue weighted by Gasteiger charge is 2.22. The summed E-state index contributed by atoms with van der Waals surface area (Å²) in [7, 11) is 0. The minimum absolute atomic E-state index is 0.0181. The third kappa shape index (κ3) is 2.39. The van der Waals surface area contributed by atoms with E-state index >= 15 is 0 Å². The van der Waals surface area contributed by atoms with Gasteiger partial charge in [0, 0.05) is 11.3 Å². The van der Waals surface area contributed by atoms with Crippen LogP contribution in [-0.2, 0) is 0 Å². The van der Waals surface area contributed by atoms with Crippen molar-refractivity contribution in [2.45, 2.75) is 25.8 Å². The van der Waals surface area contributed by atoms with Gasteiger partial charge in [0.15, 0.2) is 0 Å². The Balaban J connectivity index is 1.84. The monoisotopic (exact) mass is 271 g/mol. The molecule has 1 aromatic carbocycles. The minimum Gasteiger partial charge on any atom is -0.493 e. The van der Waals surface area contributed by atoms with Crippen molar-refractivity contribution in [1.29, 1.82) is 0 Å². The summed E-state index contributed by atoms with van der Waals surface area (Å²) in [6.07, 6.45) is 3.35. The van der Waals surface area contributed by atoms with E-state index in [2.05, 4.69) is 15.5 Å². The third-order valence-corrected chi connectivity index (χ3v) is 3.57. The van der Waals surface area contributed by atoms with Crippen LogP contribution in [0.1, 0.15) is 40.5 Å². The van der Waals surface area contributed by atoms with Crippen molar-refractivity contribution in [3.8, 4) is 5.75 Å². The third-order valence-electron chi connectivity index (χ3n) is 3.57. The van der Waals surface area contributed by atoms with Gasteiger partial charge in [-0.15, -0.1) is 0 Å². The Morgan fingerprint density at radius 3 is 3.10 bits per heavy atom. The molecule has 5 heteroatoms. The quantitative estimate of drug-likeness (QED) is 0.881. The maximum absolute atomic E-state index is 12.3. The molecule has 1 amide bonds. The molecule has 1 atom stereocenters. The molecule has 0 saturated heterocycles. The molecule has 1 unspecified atom stereocenters. The number of carbonyl (C=O) groups excluding carboxylic acids is 1. The summed E-state index contributed by atoms with van der Waals surface area (Å²) in [6.45, 7) is 2.53. The lowest BCUT2D eigenvalue weighted by Crippen LogP contribution is -2.28. The van der Waals surface area contributed by atoms with Crippen LogP contribution in [0.4, 0.5) is 0 Å². The molecular weight excluding hydrogens is 254 g/mol. The fourth-order valence-electron chi connectivity index (χ4n) is 2.49. The van der Waals surface area contributed by atoms with Gasteiger partial charge in [-0.1, -0.05) is 18.2 Å². The summed E-state index contributed by atoms with van der Waals surface area (Å²) in [5.41, 5.74) is 2.41. The summed E-state index contributed by atoms with van der Waals surface area (Å²) in [6, 6.07) is 7.85. The first kappa shape index (κ1) is 12.7. The number of fused-ring (bicyclic) bond motifs is 1. The van der Waals surface area contributed by atoms with Gasteiger partial charge in [-0.3, -0.25) is 9.89 Å². The molecule has 3 rings (SSSR count). The van der Waals surface area contributed by atoms with Crippen molar-refractivity contribution in [1.82, 2.24) is 15.5 Å². The molecule has 2 heterocycles. The highest BCUT2D eigenvalue weighted by molar-refractivity contribution is 5.95. The number of H-pyrrole nitrogens is 1. The van der Waals surface area contributed by atoms with Crippen LogP contribution in [0.5, 0.6) is 5.75 Å². The largest absolute Gasteiger partial charge is 0.493 e. The van der Waals surface area contributed by atoms with E-state index in [-0.39, 0.29) is 11.9 Å². The average molecular weight is 271 g/mol. The fraction of sp³-hybridized carbons (Fsp3) is 0.333. The number of ether oxygens (including phenoxy) is 1. The van der Waals surface area contributed by atoms with Gasteiger partial charge in [-0.05, 0) is 25.8 Å². The maximum atomic E-state index is 12.3. The molecule has 1 aromatic heterocycles. The molecule has 0 bridgehead atoms. The SMILES string of the molecule is Cc1[nH]ncc1C(=O)NC1CCCOc2ccccc21. The number of aromatic amines is 1. The standard InChI is InChI=1S/C15H17N3O2/c1-10-12(9-16-18-10)15(19)17-13-6-4-8-20-14-7-3-2-5-11(13)14/h2-3,5,7,9,13H,4,6,8H2,1H3,(H,16,18)(H,17,19). The Kier molecular flexibility index (Phi) is 3.41. The number of amides is 1. The van der Waals surface area contributed by atoms with E-state index in [9.17, 15) is 4.79 Å². The van der Waals surface area contributed by atoms with Crippen LogP contribution in [0.3, 0.4) is 0 Å². The normalized spacial score (nSPS) is 17.8. The molecular formula is C15H17N3O2. The smallest absolute Gasteiger partial charge is 0.255 e. The number of rotatable bonds is 2. The first-order valence-electron chi connectivity index (χ1n) is 6.78. The van der Waals surface area contributed by atoms with Gasteiger partial charge >= 0.3 is 0 Å². The van der Waals surface area contributed by atoms with Gasteiger partial charge in [0.25, 0.3) is 5.91 Å². The molecule has 0 spiro atoms. The Hall–Kier alpha value is -2.30. The minimum atomic E-state index is -0.0991. The molecule has 5 nitrogen and oxygen atoms in total. The zero-order valence-electron chi connectivity index (χ0n) is 11.3. The second-order valence-electron chi connectivity index (χ2n) is 4.96. The van der Waals surface area contributed by atoms with Gasteiger partial charge in [0.1, 0.15) is 5.75 Å². The molecule has 104 valence electrons. The Morgan fingerprint density at radius 1 is 1.45 bits per heavy atom. The van der Waals surface area contributed by atoms with Crippen molar-refractivity contribution in [3.05, 3.63) is 47.3 Å². The van der Waals surface area contributed by atoms with E-state index in [1.165, 1.54) is 0 Å². The summed E-state index contributed by atoms with van der Waals surface area (Å²) in [5.74, 6) is 0.761. The Labute approximate surface area is 117 Å². The van der Waals surface area contributed by atoms with Crippen molar-refractivity contribution < 1.29 is 9.53 Å². The Morgan fingerprint density at radius 2 is 2.30 bits per heavy atom. The number of aryl methyl sites for hydroxylation is 1. The van der Waals surface area contributed by atoms with Crippen LogP contribution in [0.15, 0.2) is 30.5 Å². The lowest BCUT2D eigenvalue weighted by atomic mass is 10.0. The van der Waals surface area contributed by atoms with Gasteiger partial charge in [0.2, 0.25) is 0 Å². The Bertz CT molecular complexity index is 621. The number of para-hydroxylation sites is 1. The van der Waals surface area contributed by atoms with Crippen molar-refractivity contribution in [2.24, 2.45) is 0 Å². The number of nitrogens with zero attached hydrogens (tertiary/aromatic N) is 1. The lowest BCUT2D eigenvalue weighted by molar-refractivity contribution is 0.0934. The van der Waals surface area contributed by atoms with E-state index in [1.807, 2.05) is 31.2 Å². The van der Waals surface area contributed by atoms with Crippen molar-refractivity contribution >= 4 is 5.91 Å². The number of nitrogens with one attached hydrogen (secondary N) is 2. The highest BCUT2D eigenvalue weighted by Crippen LogP contribution is 2.31. The second-order valence-corrected chi connectivity index (χ2v) is 4.96. The zero-order chi connectivity index (χ0) is 13.9. The molecule has 0 radical (unpaired) electrons. The molecule has 1 aliphatic rings. The average Bonchev–Trinajstić information content (AvgIpc) is 2.78. The first-order valence-corrected chi connectivity index (χ1v) is 6.78. The van der Waals surface area contributed by atoms with Crippen LogP contribution in [-0.4, -0.2) is 22.7 Å². The zero-order valence-corrected chi connectivity index (χ0v) is 11.3. The first-order chi connectivity index (χ1) is 9.75. The van der Waals surface area contributed by atoms with Crippen molar-refractivity contribution in [2.75, 3.05) is 6.61 Å².